The van der Waals surface area contributed by atoms with Crippen molar-refractivity contribution in [2.75, 3.05) is 5.73 Å². The molecule has 7 nitrogen and oxygen atoms in total. The third kappa shape index (κ3) is 2.77. The highest BCUT2D eigenvalue weighted by Gasteiger charge is 2.24. The first-order valence-electron chi connectivity index (χ1n) is 5.85. The van der Waals surface area contributed by atoms with Crippen LogP contribution in [0.4, 0.5) is 5.69 Å². The Morgan fingerprint density at radius 1 is 1.40 bits per heavy atom. The Hall–Kier alpha value is -2.83. The van der Waals surface area contributed by atoms with Gasteiger partial charge in [-0.25, -0.2) is 4.79 Å². The van der Waals surface area contributed by atoms with E-state index < -0.39 is 17.9 Å². The van der Waals surface area contributed by atoms with Crippen LogP contribution in [0.3, 0.4) is 0 Å². The number of rotatable bonds is 4. The highest BCUT2D eigenvalue weighted by molar-refractivity contribution is 6.00. The summed E-state index contributed by atoms with van der Waals surface area (Å²) in [5.41, 5.74) is 6.61. The number of nitrogens with two attached hydrogens (primary N) is 1. The Labute approximate surface area is 115 Å². The molecule has 0 saturated carbocycles. The molecule has 0 saturated heterocycles. The Morgan fingerprint density at radius 2 is 2.10 bits per heavy atom. The number of carboxylic acid groups (broad SMARTS) is 1. The molecular formula is C13H14N4O3. The lowest BCUT2D eigenvalue weighted by atomic mass is 10.1. The number of anilines is 1. The molecule has 0 spiro atoms. The number of carbonyl (C=O) groups excluding carboxylic acids is 1. The van der Waals surface area contributed by atoms with Crippen LogP contribution in [0, 0.1) is 0 Å². The largest absolute Gasteiger partial charge is 0.479 e. The molecule has 1 aromatic heterocycles. The molecule has 0 aliphatic rings. The number of carboxylic acids is 1. The minimum atomic E-state index is -1.17. The Kier molecular flexibility index (Phi) is 3.69. The second-order valence-corrected chi connectivity index (χ2v) is 4.28. The number of carbonyl (C=O) groups is 2. The van der Waals surface area contributed by atoms with Crippen LogP contribution >= 0.6 is 0 Å². The number of aliphatic carboxylic acids is 1. The summed E-state index contributed by atoms with van der Waals surface area (Å²) in [6.07, 6.45) is 2.93. The van der Waals surface area contributed by atoms with E-state index in [9.17, 15) is 14.7 Å². The predicted octanol–water partition coefficient (Wildman–Crippen LogP) is 0.558. The van der Waals surface area contributed by atoms with Crippen molar-refractivity contribution in [3.05, 3.63) is 47.8 Å². The maximum atomic E-state index is 12.1. The van der Waals surface area contributed by atoms with Crippen molar-refractivity contribution in [2.24, 2.45) is 7.05 Å². The fraction of sp³-hybridized carbons (Fsp3) is 0.154. The zero-order chi connectivity index (χ0) is 14.7. The number of nitrogen functional groups attached to an aromatic ring is 1. The number of nitrogens with one attached hydrogen (secondary N) is 1. The van der Waals surface area contributed by atoms with Crippen LogP contribution in [0.15, 0.2) is 36.7 Å². The van der Waals surface area contributed by atoms with E-state index in [1.54, 1.807) is 25.2 Å². The molecule has 0 bridgehead atoms. The molecule has 104 valence electrons. The van der Waals surface area contributed by atoms with Gasteiger partial charge >= 0.3 is 5.97 Å². The van der Waals surface area contributed by atoms with Crippen molar-refractivity contribution >= 4 is 17.6 Å². The molecule has 0 fully saturated rings. The first kappa shape index (κ1) is 13.6. The molecule has 1 unspecified atom stereocenters. The fourth-order valence-corrected chi connectivity index (χ4v) is 1.79. The third-order valence-corrected chi connectivity index (χ3v) is 2.79. The average Bonchev–Trinajstić information content (AvgIpc) is 2.82. The van der Waals surface area contributed by atoms with Gasteiger partial charge in [-0.3, -0.25) is 9.48 Å². The average molecular weight is 274 g/mol. The van der Waals surface area contributed by atoms with E-state index in [1.165, 1.54) is 23.1 Å². The summed E-state index contributed by atoms with van der Waals surface area (Å²) >= 11 is 0. The molecule has 1 heterocycles. The van der Waals surface area contributed by atoms with Gasteiger partial charge in [0, 0.05) is 24.5 Å². The van der Waals surface area contributed by atoms with Crippen LogP contribution < -0.4 is 11.1 Å². The number of nitrogens with zero attached hydrogens (tertiary/aromatic N) is 2. The third-order valence-electron chi connectivity index (χ3n) is 2.79. The molecule has 7 heteroatoms. The minimum Gasteiger partial charge on any atom is -0.479 e. The van der Waals surface area contributed by atoms with Gasteiger partial charge in [-0.2, -0.15) is 5.10 Å². The second-order valence-electron chi connectivity index (χ2n) is 4.28. The molecule has 1 aromatic carbocycles. The van der Waals surface area contributed by atoms with Gasteiger partial charge in [0.05, 0.1) is 11.8 Å². The van der Waals surface area contributed by atoms with Gasteiger partial charge < -0.3 is 16.2 Å². The first-order valence-corrected chi connectivity index (χ1v) is 5.85. The molecular weight excluding hydrogens is 260 g/mol. The number of para-hydroxylation sites is 1. The number of amides is 1. The van der Waals surface area contributed by atoms with E-state index in [-0.39, 0.29) is 5.56 Å². The minimum absolute atomic E-state index is 0.239. The molecule has 2 aromatic rings. The molecule has 2 rings (SSSR count). The molecule has 0 radical (unpaired) electrons. The quantitative estimate of drug-likeness (QED) is 0.705. The van der Waals surface area contributed by atoms with Gasteiger partial charge in [0.1, 0.15) is 0 Å². The summed E-state index contributed by atoms with van der Waals surface area (Å²) in [6.45, 7) is 0. The lowest BCUT2D eigenvalue weighted by Crippen LogP contribution is -2.33. The summed E-state index contributed by atoms with van der Waals surface area (Å²) in [7, 11) is 1.67. The van der Waals surface area contributed by atoms with Crippen LogP contribution in [0.5, 0.6) is 0 Å². The van der Waals surface area contributed by atoms with Gasteiger partial charge in [-0.05, 0) is 12.1 Å². The predicted molar refractivity (Wildman–Crippen MR) is 71.9 cm³/mol. The van der Waals surface area contributed by atoms with Gasteiger partial charge in [-0.1, -0.05) is 12.1 Å². The van der Waals surface area contributed by atoms with Crippen molar-refractivity contribution in [3.63, 3.8) is 0 Å². The van der Waals surface area contributed by atoms with Crippen LogP contribution in [-0.4, -0.2) is 26.8 Å². The molecule has 20 heavy (non-hydrogen) atoms. The van der Waals surface area contributed by atoms with E-state index in [2.05, 4.69) is 10.4 Å². The lowest BCUT2D eigenvalue weighted by molar-refractivity contribution is -0.139. The first-order chi connectivity index (χ1) is 9.49. The molecule has 4 N–H and O–H groups in total. The van der Waals surface area contributed by atoms with Gasteiger partial charge in [0.2, 0.25) is 0 Å². The van der Waals surface area contributed by atoms with E-state index in [1.807, 2.05) is 0 Å². The van der Waals surface area contributed by atoms with Crippen molar-refractivity contribution in [1.29, 1.82) is 0 Å². The van der Waals surface area contributed by atoms with E-state index in [4.69, 9.17) is 5.73 Å². The zero-order valence-electron chi connectivity index (χ0n) is 10.8. The van der Waals surface area contributed by atoms with Crippen molar-refractivity contribution in [1.82, 2.24) is 15.1 Å². The van der Waals surface area contributed by atoms with Crippen LogP contribution in [-0.2, 0) is 11.8 Å². The van der Waals surface area contributed by atoms with Crippen molar-refractivity contribution < 1.29 is 14.7 Å². The Bertz CT molecular complexity index is 651. The van der Waals surface area contributed by atoms with Gasteiger partial charge in [-0.15, -0.1) is 0 Å². The van der Waals surface area contributed by atoms with Gasteiger partial charge in [0.15, 0.2) is 6.04 Å². The number of hydrogen-bond donors (Lipinski definition) is 3. The normalized spacial score (nSPS) is 11.8. The number of benzene rings is 1. The summed E-state index contributed by atoms with van der Waals surface area (Å²) < 4.78 is 1.47. The summed E-state index contributed by atoms with van der Waals surface area (Å²) in [6, 6.07) is 5.30. The fourth-order valence-electron chi connectivity index (χ4n) is 1.79. The van der Waals surface area contributed by atoms with E-state index >= 15 is 0 Å². The topological polar surface area (TPSA) is 110 Å². The lowest BCUT2D eigenvalue weighted by Gasteiger charge is -2.13. The van der Waals surface area contributed by atoms with Crippen molar-refractivity contribution in [2.45, 2.75) is 6.04 Å². The standard InChI is InChI=1S/C13H14N4O3/c1-17-7-8(6-15-17)11(13(19)20)16-12(18)9-4-2-3-5-10(9)14/h2-7,11H,14H2,1H3,(H,16,18)(H,19,20). The summed E-state index contributed by atoms with van der Waals surface area (Å²) in [4.78, 5) is 23.4. The Morgan fingerprint density at radius 3 is 2.65 bits per heavy atom. The van der Waals surface area contributed by atoms with Crippen molar-refractivity contribution in [3.8, 4) is 0 Å². The monoisotopic (exact) mass is 274 g/mol. The maximum absolute atomic E-state index is 12.1. The summed E-state index contributed by atoms with van der Waals surface area (Å²) in [5.74, 6) is -1.71. The zero-order valence-corrected chi connectivity index (χ0v) is 10.8. The van der Waals surface area contributed by atoms with Crippen LogP contribution in [0.2, 0.25) is 0 Å². The van der Waals surface area contributed by atoms with Crippen LogP contribution in [0.25, 0.3) is 0 Å². The highest BCUT2D eigenvalue weighted by Crippen LogP contribution is 2.15. The molecule has 1 atom stereocenters. The summed E-state index contributed by atoms with van der Waals surface area (Å²) in [5, 5.41) is 15.5. The number of aromatic nitrogens is 2. The molecule has 0 aliphatic carbocycles. The number of hydrogen-bond acceptors (Lipinski definition) is 4. The Balaban J connectivity index is 2.23. The second kappa shape index (κ2) is 5.43. The molecule has 1 amide bonds. The van der Waals surface area contributed by atoms with Gasteiger partial charge in [0.25, 0.3) is 5.91 Å². The number of aryl methyl sites for hydroxylation is 1. The van der Waals surface area contributed by atoms with E-state index in [0.717, 1.165) is 0 Å². The maximum Gasteiger partial charge on any atom is 0.331 e. The van der Waals surface area contributed by atoms with E-state index in [0.29, 0.717) is 11.3 Å². The molecule has 0 aliphatic heterocycles. The highest BCUT2D eigenvalue weighted by atomic mass is 16.4. The van der Waals surface area contributed by atoms with Crippen LogP contribution in [0.1, 0.15) is 22.0 Å². The smallest absolute Gasteiger partial charge is 0.331 e. The SMILES string of the molecule is Cn1cc(C(NC(=O)c2ccccc2N)C(=O)O)cn1.